The molecule has 0 saturated heterocycles. The van der Waals surface area contributed by atoms with Gasteiger partial charge in [-0.15, -0.1) is 0 Å². The normalized spacial score (nSPS) is 19.3. The van der Waals surface area contributed by atoms with Crippen molar-refractivity contribution in [3.63, 3.8) is 0 Å². The summed E-state index contributed by atoms with van der Waals surface area (Å²) in [6, 6.07) is -21.6. The van der Waals surface area contributed by atoms with E-state index in [1.54, 1.807) is 0 Å². The predicted octanol–water partition coefficient (Wildman–Crippen LogP) is 10.7. The highest BCUT2D eigenvalue weighted by Crippen LogP contribution is 2.39. The second-order valence-electron chi connectivity index (χ2n) is 9.32. The van der Waals surface area contributed by atoms with Crippen LogP contribution in [0.25, 0.3) is 88.8 Å². The molecule has 45 heavy (non-hydrogen) atoms. The van der Waals surface area contributed by atoms with Crippen LogP contribution in [0.1, 0.15) is 34.3 Å². The second-order valence-corrected chi connectivity index (χ2v) is 9.32. The van der Waals surface area contributed by atoms with Crippen molar-refractivity contribution >= 4 is 43.5 Å². The maximum absolute atomic E-state index is 9.56. The molecule has 0 saturated carbocycles. The van der Waals surface area contributed by atoms with Gasteiger partial charge in [-0.3, -0.25) is 0 Å². The van der Waals surface area contributed by atoms with Gasteiger partial charge in [0.05, 0.1) is 34.3 Å². The Kier molecular flexibility index (Phi) is 2.46. The van der Waals surface area contributed by atoms with E-state index in [0.29, 0.717) is 0 Å². The van der Waals surface area contributed by atoms with Crippen LogP contribution in [0.2, 0.25) is 0 Å². The van der Waals surface area contributed by atoms with Crippen LogP contribution in [0.5, 0.6) is 0 Å². The van der Waals surface area contributed by atoms with Gasteiger partial charge in [0.25, 0.3) is 0 Å². The minimum absolute atomic E-state index is 0.422. The highest BCUT2D eigenvalue weighted by atomic mass is 16.3. The Balaban J connectivity index is 1.52. The molecule has 0 fully saturated rings. The molecule has 2 aromatic heterocycles. The number of benzene rings is 7. The molecule has 9 rings (SSSR count). The van der Waals surface area contributed by atoms with E-state index in [1.807, 2.05) is 0 Å². The third-order valence-corrected chi connectivity index (χ3v) is 6.75. The molecular formula is C41H25N3O. The van der Waals surface area contributed by atoms with Crippen LogP contribution in [0, 0.1) is 0 Å². The first-order chi connectivity index (χ1) is 32.7. The van der Waals surface area contributed by atoms with Crippen molar-refractivity contribution in [3.8, 4) is 45.3 Å². The molecule has 0 aliphatic carbocycles. The van der Waals surface area contributed by atoms with Gasteiger partial charge in [0, 0.05) is 27.5 Å². The Bertz CT molecular complexity index is 3940. The van der Waals surface area contributed by atoms with Gasteiger partial charge in [-0.05, 0) is 56.8 Å². The zero-order valence-corrected chi connectivity index (χ0v) is 22.2. The lowest BCUT2D eigenvalue weighted by atomic mass is 9.93. The number of rotatable bonds is 4. The van der Waals surface area contributed by atoms with Crippen LogP contribution in [0.15, 0.2) is 155 Å². The Morgan fingerprint density at radius 1 is 0.400 bits per heavy atom. The lowest BCUT2D eigenvalue weighted by molar-refractivity contribution is 0.669. The maximum Gasteiger partial charge on any atom is 0.164 e. The third kappa shape index (κ3) is 4.27. The van der Waals surface area contributed by atoms with Gasteiger partial charge in [-0.1, -0.05) is 127 Å². The molecule has 9 aromatic rings. The fourth-order valence-corrected chi connectivity index (χ4v) is 4.80. The molecule has 7 aromatic carbocycles. The van der Waals surface area contributed by atoms with Crippen molar-refractivity contribution < 1.29 is 38.7 Å². The quantitative estimate of drug-likeness (QED) is 0.202. The highest BCUT2D eigenvalue weighted by molar-refractivity contribution is 6.12. The minimum Gasteiger partial charge on any atom is -0.456 e. The van der Waals surface area contributed by atoms with E-state index < -0.39 is 240 Å². The fourth-order valence-electron chi connectivity index (χ4n) is 4.80. The van der Waals surface area contributed by atoms with Crippen molar-refractivity contribution in [1.29, 1.82) is 0 Å². The monoisotopic (exact) mass is 600 g/mol. The number of furan rings is 1. The Hall–Kier alpha value is -6.13. The molecular weight excluding hydrogens is 550 g/mol. The number of hydrogen-bond donors (Lipinski definition) is 0. The number of fused-ring (bicyclic) bond motifs is 5. The largest absolute Gasteiger partial charge is 0.456 e. The van der Waals surface area contributed by atoms with Crippen molar-refractivity contribution in [2.24, 2.45) is 0 Å². The van der Waals surface area contributed by atoms with E-state index in [4.69, 9.17) is 31.8 Å². The van der Waals surface area contributed by atoms with E-state index in [0.717, 1.165) is 0 Å². The van der Waals surface area contributed by atoms with Crippen LogP contribution in [-0.2, 0) is 0 Å². The van der Waals surface area contributed by atoms with Crippen LogP contribution in [0.4, 0.5) is 0 Å². The first kappa shape index (κ1) is 10.8. The average molecular weight is 601 g/mol. The van der Waals surface area contributed by atoms with Gasteiger partial charge in [-0.25, -0.2) is 15.0 Å². The Morgan fingerprint density at radius 2 is 1.02 bits per heavy atom. The lowest BCUT2D eigenvalue weighted by Crippen LogP contribution is -2.01. The molecule has 2 heterocycles. The smallest absolute Gasteiger partial charge is 0.164 e. The first-order valence-electron chi connectivity index (χ1n) is 25.5. The van der Waals surface area contributed by atoms with E-state index in [9.17, 15) is 6.85 Å². The third-order valence-electron chi connectivity index (χ3n) is 6.75. The Labute approximate surface area is 294 Å². The van der Waals surface area contributed by atoms with Crippen molar-refractivity contribution in [3.05, 3.63) is 151 Å². The molecule has 4 nitrogen and oxygen atoms in total. The topological polar surface area (TPSA) is 51.8 Å². The zero-order chi connectivity index (χ0) is 51.5. The molecule has 4 heteroatoms. The number of aromatic nitrogens is 3. The van der Waals surface area contributed by atoms with Crippen LogP contribution in [-0.4, -0.2) is 15.0 Å². The summed E-state index contributed by atoms with van der Waals surface area (Å²) in [5, 5.41) is -3.37. The SMILES string of the molecule is [2H]c1c([2H])c([2H])c(-c2nc(-c3c([2H])c([2H])c(-c4c([2H])c([2H])c5c([2H])c([2H])c([2H])c([2H])c5c4[2H])c4c([2H])c([2H])c([2H])c([2H])c34)nc(-c3c([2H])c([2H])c([2H])c4oc5c([2H])c([2H])c([2H])c([2H])c5c34)n2)c([2H])c1[2H]. The van der Waals surface area contributed by atoms with Gasteiger partial charge < -0.3 is 4.42 Å². The van der Waals surface area contributed by atoms with Crippen molar-refractivity contribution in [2.75, 3.05) is 0 Å². The lowest BCUT2D eigenvalue weighted by Gasteiger charge is -2.14. The summed E-state index contributed by atoms with van der Waals surface area (Å²) < 4.78 is 225. The molecule has 0 bridgehead atoms. The molecule has 0 aliphatic rings. The standard InChI is InChI=1S/C41H25N3O/c1-2-12-27(13-3-1)39-42-40(44-41(43-39)35-18-10-20-37-38(35)34-17-8-9-19-36(34)45-37)33-24-23-30(31-15-6-7-16-32(31)33)29-22-21-26-11-4-5-14-28(26)25-29/h1-25H/i1D,2D,3D,4D,5D,6D,7D,8D,9D,10D,11D,12D,13D,14D,15D,16D,17D,18D,19D,20D,21D,22D,23D,24D,25D. The summed E-state index contributed by atoms with van der Waals surface area (Å²) >= 11 is 0. The van der Waals surface area contributed by atoms with Gasteiger partial charge in [0.1, 0.15) is 11.2 Å². The van der Waals surface area contributed by atoms with Gasteiger partial charge in [0.15, 0.2) is 17.5 Å². The van der Waals surface area contributed by atoms with E-state index in [2.05, 4.69) is 15.0 Å². The van der Waals surface area contributed by atoms with E-state index in [1.165, 1.54) is 0 Å². The van der Waals surface area contributed by atoms with E-state index >= 15 is 0 Å². The highest BCUT2D eigenvalue weighted by Gasteiger charge is 2.19. The summed E-state index contributed by atoms with van der Waals surface area (Å²) in [7, 11) is 0. The van der Waals surface area contributed by atoms with Crippen LogP contribution in [0.3, 0.4) is 0 Å². The number of nitrogens with zero attached hydrogens (tertiary/aromatic N) is 3. The molecule has 0 aliphatic heterocycles. The van der Waals surface area contributed by atoms with E-state index in [-0.39, 0.29) is 0 Å². The second kappa shape index (κ2) is 10.2. The Morgan fingerprint density at radius 3 is 1.87 bits per heavy atom. The maximum atomic E-state index is 9.56. The minimum atomic E-state index is -1.03. The predicted molar refractivity (Wildman–Crippen MR) is 184 cm³/mol. The molecule has 0 amide bonds. The van der Waals surface area contributed by atoms with Gasteiger partial charge in [0.2, 0.25) is 0 Å². The van der Waals surface area contributed by atoms with Crippen molar-refractivity contribution in [1.82, 2.24) is 15.0 Å². The summed E-state index contributed by atoms with van der Waals surface area (Å²) in [4.78, 5) is 13.2. The van der Waals surface area contributed by atoms with Crippen LogP contribution >= 0.6 is 0 Å². The summed E-state index contributed by atoms with van der Waals surface area (Å²) in [5.41, 5.74) is -4.66. The molecule has 0 N–H and O–H groups in total. The number of para-hydroxylation sites is 1. The molecule has 210 valence electrons. The molecule has 0 unspecified atom stereocenters. The van der Waals surface area contributed by atoms with Crippen molar-refractivity contribution in [2.45, 2.75) is 0 Å². The molecule has 0 atom stereocenters. The van der Waals surface area contributed by atoms with Gasteiger partial charge >= 0.3 is 0 Å². The molecule has 0 spiro atoms. The average Bonchev–Trinajstić information content (AvgIpc) is 3.73. The summed E-state index contributed by atoms with van der Waals surface area (Å²) in [5.74, 6) is -2.48. The zero-order valence-electron chi connectivity index (χ0n) is 47.2. The van der Waals surface area contributed by atoms with Gasteiger partial charge in [-0.2, -0.15) is 0 Å². The molecule has 0 radical (unpaired) electrons. The fraction of sp³-hybridized carbons (Fsp3) is 0. The summed E-state index contributed by atoms with van der Waals surface area (Å²) in [6.07, 6.45) is 0. The summed E-state index contributed by atoms with van der Waals surface area (Å²) in [6.45, 7) is 0. The number of hydrogen-bond acceptors (Lipinski definition) is 4. The first-order valence-corrected chi connectivity index (χ1v) is 13.0. The van der Waals surface area contributed by atoms with Crippen LogP contribution < -0.4 is 0 Å².